The Morgan fingerprint density at radius 2 is 1.90 bits per heavy atom. The van der Waals surface area contributed by atoms with E-state index in [1.807, 2.05) is 35.2 Å². The van der Waals surface area contributed by atoms with Crippen LogP contribution in [0.4, 0.5) is 10.5 Å². The second kappa shape index (κ2) is 8.25. The minimum atomic E-state index is -0.812. The van der Waals surface area contributed by atoms with Gasteiger partial charge in [-0.2, -0.15) is 0 Å². The molecule has 6 nitrogen and oxygen atoms in total. The molecule has 2 aromatic rings. The summed E-state index contributed by atoms with van der Waals surface area (Å²) in [5.74, 6) is -0.812. The minimum Gasteiger partial charge on any atom is -0.481 e. The van der Waals surface area contributed by atoms with E-state index in [0.717, 1.165) is 42.7 Å². The van der Waals surface area contributed by atoms with E-state index in [9.17, 15) is 9.59 Å². The molecule has 6 heteroatoms. The molecule has 2 N–H and O–H groups in total. The number of hydrogen-bond acceptors (Lipinski definition) is 3. The van der Waals surface area contributed by atoms with Crippen LogP contribution >= 0.6 is 0 Å². The van der Waals surface area contributed by atoms with Gasteiger partial charge >= 0.3 is 12.0 Å². The number of hydrogen-bond donors (Lipinski definition) is 2. The number of nitrogens with zero attached hydrogens (tertiary/aromatic N) is 2. The van der Waals surface area contributed by atoms with E-state index in [-0.39, 0.29) is 18.5 Å². The number of nitrogens with one attached hydrogen (secondary N) is 1. The summed E-state index contributed by atoms with van der Waals surface area (Å²) in [7, 11) is 2.14. The Labute approximate surface area is 171 Å². The highest BCUT2D eigenvalue weighted by atomic mass is 16.4. The Balaban J connectivity index is 1.66. The van der Waals surface area contributed by atoms with Gasteiger partial charge in [0.25, 0.3) is 0 Å². The number of carboxylic acid groups (broad SMARTS) is 1. The summed E-state index contributed by atoms with van der Waals surface area (Å²) in [6.45, 7) is 2.59. The molecular weight excluding hydrogens is 366 g/mol. The van der Waals surface area contributed by atoms with Crippen molar-refractivity contribution in [2.45, 2.75) is 31.7 Å². The molecule has 1 atom stereocenters. The number of amides is 2. The van der Waals surface area contributed by atoms with Crippen LogP contribution in [0.3, 0.4) is 0 Å². The summed E-state index contributed by atoms with van der Waals surface area (Å²) < 4.78 is 0. The zero-order valence-electron chi connectivity index (χ0n) is 16.7. The third kappa shape index (κ3) is 4.12. The van der Waals surface area contributed by atoms with Crippen LogP contribution < -0.4 is 10.2 Å². The van der Waals surface area contributed by atoms with Crippen LogP contribution in [0.5, 0.6) is 0 Å². The predicted octanol–water partition coefficient (Wildman–Crippen LogP) is 3.01. The standard InChI is InChI=1S/C23H27N3O3/c1-25-12-10-16-6-8-19(14-18(16)11-13-25)26-21(15-24-23(26)29)20-5-3-2-4-17(20)7-9-22(27)28/h2-6,8,14,21H,7,9-13,15H2,1H3,(H,24,29)(H,27,28). The summed E-state index contributed by atoms with van der Waals surface area (Å²) in [6, 6.07) is 14.0. The lowest BCUT2D eigenvalue weighted by Gasteiger charge is -2.26. The molecule has 1 unspecified atom stereocenters. The molecule has 2 aromatic carbocycles. The molecule has 4 rings (SSSR count). The van der Waals surface area contributed by atoms with Gasteiger partial charge in [0.15, 0.2) is 0 Å². The van der Waals surface area contributed by atoms with Crippen molar-refractivity contribution in [3.63, 3.8) is 0 Å². The third-order valence-corrected chi connectivity index (χ3v) is 5.99. The van der Waals surface area contributed by atoms with E-state index < -0.39 is 5.97 Å². The minimum absolute atomic E-state index is 0.0808. The molecule has 1 fully saturated rings. The largest absolute Gasteiger partial charge is 0.481 e. The van der Waals surface area contributed by atoms with Crippen molar-refractivity contribution < 1.29 is 14.7 Å². The molecule has 2 heterocycles. The van der Waals surface area contributed by atoms with E-state index in [4.69, 9.17) is 5.11 Å². The molecule has 0 saturated carbocycles. The van der Waals surface area contributed by atoms with E-state index in [0.29, 0.717) is 13.0 Å². The van der Waals surface area contributed by atoms with E-state index in [1.54, 1.807) is 0 Å². The van der Waals surface area contributed by atoms with Crippen molar-refractivity contribution in [3.05, 3.63) is 64.7 Å². The van der Waals surface area contributed by atoms with Gasteiger partial charge in [0.2, 0.25) is 0 Å². The van der Waals surface area contributed by atoms with Gasteiger partial charge in [-0.15, -0.1) is 0 Å². The first-order valence-electron chi connectivity index (χ1n) is 10.2. The molecule has 2 amide bonds. The van der Waals surface area contributed by atoms with Gasteiger partial charge in [-0.25, -0.2) is 4.79 Å². The highest BCUT2D eigenvalue weighted by molar-refractivity contribution is 5.95. The SMILES string of the molecule is CN1CCc2ccc(N3C(=O)NCC3c3ccccc3CCC(=O)O)cc2CC1. The summed E-state index contributed by atoms with van der Waals surface area (Å²) in [6.07, 6.45) is 2.55. The second-order valence-corrected chi connectivity index (χ2v) is 7.92. The quantitative estimate of drug-likeness (QED) is 0.819. The van der Waals surface area contributed by atoms with Crippen LogP contribution in [0.15, 0.2) is 42.5 Å². The first-order valence-corrected chi connectivity index (χ1v) is 10.2. The summed E-state index contributed by atoms with van der Waals surface area (Å²) in [5.41, 5.74) is 5.57. The molecule has 0 aliphatic carbocycles. The van der Waals surface area contributed by atoms with Crippen molar-refractivity contribution in [2.75, 3.05) is 31.6 Å². The van der Waals surface area contributed by atoms with Crippen LogP contribution in [-0.2, 0) is 24.1 Å². The smallest absolute Gasteiger partial charge is 0.322 e. The number of aryl methyl sites for hydroxylation is 1. The molecule has 0 bridgehead atoms. The zero-order valence-corrected chi connectivity index (χ0v) is 16.7. The second-order valence-electron chi connectivity index (χ2n) is 7.92. The van der Waals surface area contributed by atoms with Crippen molar-refractivity contribution in [2.24, 2.45) is 0 Å². The van der Waals surface area contributed by atoms with Gasteiger partial charge < -0.3 is 15.3 Å². The fourth-order valence-corrected chi connectivity index (χ4v) is 4.35. The molecule has 2 aliphatic heterocycles. The Bertz CT molecular complexity index is 927. The van der Waals surface area contributed by atoms with Gasteiger partial charge in [-0.3, -0.25) is 9.69 Å². The molecular formula is C23H27N3O3. The van der Waals surface area contributed by atoms with Crippen molar-refractivity contribution in [1.29, 1.82) is 0 Å². The summed E-state index contributed by atoms with van der Waals surface area (Å²) in [5, 5.41) is 12.0. The van der Waals surface area contributed by atoms with Crippen LogP contribution in [0.25, 0.3) is 0 Å². The maximum Gasteiger partial charge on any atom is 0.322 e. The molecule has 0 aromatic heterocycles. The molecule has 29 heavy (non-hydrogen) atoms. The average Bonchev–Trinajstić information content (AvgIpc) is 3.00. The Kier molecular flexibility index (Phi) is 5.53. The van der Waals surface area contributed by atoms with E-state index >= 15 is 0 Å². The first-order chi connectivity index (χ1) is 14.0. The fraction of sp³-hybridized carbons (Fsp3) is 0.391. The number of rotatable bonds is 5. The molecule has 1 saturated heterocycles. The van der Waals surface area contributed by atoms with Crippen LogP contribution in [0.1, 0.15) is 34.7 Å². The maximum absolute atomic E-state index is 12.7. The third-order valence-electron chi connectivity index (χ3n) is 5.99. The number of benzene rings is 2. The Hall–Kier alpha value is -2.86. The summed E-state index contributed by atoms with van der Waals surface area (Å²) in [4.78, 5) is 28.0. The number of urea groups is 1. The van der Waals surface area contributed by atoms with Crippen LogP contribution in [0.2, 0.25) is 0 Å². The Morgan fingerprint density at radius 1 is 1.14 bits per heavy atom. The molecule has 152 valence electrons. The monoisotopic (exact) mass is 393 g/mol. The van der Waals surface area contributed by atoms with Crippen molar-refractivity contribution in [1.82, 2.24) is 10.2 Å². The average molecular weight is 393 g/mol. The lowest BCUT2D eigenvalue weighted by Crippen LogP contribution is -2.30. The van der Waals surface area contributed by atoms with Gasteiger partial charge in [-0.05, 0) is 60.7 Å². The van der Waals surface area contributed by atoms with Crippen LogP contribution in [0, 0.1) is 0 Å². The lowest BCUT2D eigenvalue weighted by atomic mass is 9.95. The van der Waals surface area contributed by atoms with Crippen LogP contribution in [-0.4, -0.2) is 48.7 Å². The molecule has 0 radical (unpaired) electrons. The van der Waals surface area contributed by atoms with E-state index in [1.165, 1.54) is 11.1 Å². The maximum atomic E-state index is 12.7. The molecule has 0 spiro atoms. The van der Waals surface area contributed by atoms with Gasteiger partial charge in [0, 0.05) is 31.7 Å². The number of carbonyl (C=O) groups excluding carboxylic acids is 1. The lowest BCUT2D eigenvalue weighted by molar-refractivity contribution is -0.136. The van der Waals surface area contributed by atoms with Gasteiger partial charge in [-0.1, -0.05) is 30.3 Å². The first kappa shape index (κ1) is 19.5. The number of anilines is 1. The number of likely N-dealkylation sites (N-methyl/N-ethyl adjacent to an activating group) is 1. The number of fused-ring (bicyclic) bond motifs is 1. The summed E-state index contributed by atoms with van der Waals surface area (Å²) >= 11 is 0. The molecule has 2 aliphatic rings. The Morgan fingerprint density at radius 3 is 2.69 bits per heavy atom. The number of aliphatic carboxylic acids is 1. The highest BCUT2D eigenvalue weighted by Crippen LogP contribution is 2.34. The van der Waals surface area contributed by atoms with Gasteiger partial charge in [0.05, 0.1) is 6.04 Å². The fourth-order valence-electron chi connectivity index (χ4n) is 4.35. The number of carboxylic acids is 1. The predicted molar refractivity (Wildman–Crippen MR) is 112 cm³/mol. The zero-order chi connectivity index (χ0) is 20.4. The van der Waals surface area contributed by atoms with Crippen molar-refractivity contribution >= 4 is 17.7 Å². The topological polar surface area (TPSA) is 72.9 Å². The van der Waals surface area contributed by atoms with E-state index in [2.05, 4.69) is 29.4 Å². The van der Waals surface area contributed by atoms with Gasteiger partial charge in [0.1, 0.15) is 0 Å². The normalized spacial score (nSPS) is 19.6. The highest BCUT2D eigenvalue weighted by Gasteiger charge is 2.34. The van der Waals surface area contributed by atoms with Crippen molar-refractivity contribution in [3.8, 4) is 0 Å². The number of carbonyl (C=O) groups is 2.